The van der Waals surface area contributed by atoms with Gasteiger partial charge in [-0.15, -0.1) is 0 Å². The number of carbonyl (C=O) groups is 2. The van der Waals surface area contributed by atoms with Gasteiger partial charge >= 0.3 is 0 Å². The Balaban J connectivity index is 3.80. The van der Waals surface area contributed by atoms with E-state index in [2.05, 4.69) is 10.6 Å². The summed E-state index contributed by atoms with van der Waals surface area (Å²) in [6.07, 6.45) is 4.77. The van der Waals surface area contributed by atoms with E-state index in [4.69, 9.17) is 11.5 Å². The van der Waals surface area contributed by atoms with Crippen LogP contribution in [0.4, 0.5) is 0 Å². The van der Waals surface area contributed by atoms with E-state index >= 15 is 0 Å². The molecule has 0 aromatic heterocycles. The molecule has 0 saturated heterocycles. The Kier molecular flexibility index (Phi) is 10.8. The van der Waals surface area contributed by atoms with Crippen molar-refractivity contribution in [1.82, 2.24) is 10.6 Å². The van der Waals surface area contributed by atoms with Crippen LogP contribution in [0.5, 0.6) is 0 Å². The van der Waals surface area contributed by atoms with Gasteiger partial charge in [-0.1, -0.05) is 27.2 Å². The fraction of sp³-hybridized carbons (Fsp3) is 0.875. The highest BCUT2D eigenvalue weighted by atomic mass is 16.2. The maximum Gasteiger partial charge on any atom is 0.236 e. The fourth-order valence-corrected chi connectivity index (χ4v) is 2.06. The normalized spacial score (nSPS) is 12.8. The van der Waals surface area contributed by atoms with E-state index in [1.165, 1.54) is 0 Å². The molecule has 1 atom stereocenters. The standard InChI is InChI=1S/C16H34N4O2/c1-4-16(3,5-2)15(22)20-12-8-11-19-14(21)13(18)9-6-7-10-17/h13H,4-12,17-18H2,1-3H3,(H,19,21)(H,20,22). The van der Waals surface area contributed by atoms with Crippen molar-refractivity contribution in [2.45, 2.75) is 65.3 Å². The molecule has 0 aliphatic carbocycles. The third kappa shape index (κ3) is 7.75. The monoisotopic (exact) mass is 314 g/mol. The van der Waals surface area contributed by atoms with E-state index in [0.29, 0.717) is 32.5 Å². The molecule has 0 aromatic rings. The zero-order valence-corrected chi connectivity index (χ0v) is 14.4. The summed E-state index contributed by atoms with van der Waals surface area (Å²) in [6.45, 7) is 7.74. The van der Waals surface area contributed by atoms with Gasteiger partial charge in [-0.3, -0.25) is 9.59 Å². The first-order valence-electron chi connectivity index (χ1n) is 8.43. The lowest BCUT2D eigenvalue weighted by atomic mass is 9.84. The number of nitrogens with two attached hydrogens (primary N) is 2. The number of carbonyl (C=O) groups excluding carboxylic acids is 2. The summed E-state index contributed by atoms with van der Waals surface area (Å²) in [7, 11) is 0. The number of rotatable bonds is 12. The van der Waals surface area contributed by atoms with Crippen LogP contribution in [0.1, 0.15) is 59.3 Å². The van der Waals surface area contributed by atoms with Crippen LogP contribution in [0.25, 0.3) is 0 Å². The molecule has 0 fully saturated rings. The molecule has 0 spiro atoms. The van der Waals surface area contributed by atoms with Crippen LogP contribution in [-0.4, -0.2) is 37.5 Å². The molecule has 0 rings (SSSR count). The molecule has 1 unspecified atom stereocenters. The van der Waals surface area contributed by atoms with Crippen LogP contribution in [0.3, 0.4) is 0 Å². The predicted molar refractivity (Wildman–Crippen MR) is 90.2 cm³/mol. The van der Waals surface area contributed by atoms with E-state index in [1.807, 2.05) is 20.8 Å². The fourth-order valence-electron chi connectivity index (χ4n) is 2.06. The van der Waals surface area contributed by atoms with Crippen LogP contribution >= 0.6 is 0 Å². The Hall–Kier alpha value is -1.14. The Labute approximate surface area is 134 Å². The van der Waals surface area contributed by atoms with E-state index in [-0.39, 0.29) is 17.2 Å². The molecule has 0 aliphatic rings. The number of hydrogen-bond donors (Lipinski definition) is 4. The number of hydrogen-bond acceptors (Lipinski definition) is 4. The summed E-state index contributed by atoms with van der Waals surface area (Å²) in [5.74, 6) is -0.0439. The summed E-state index contributed by atoms with van der Waals surface area (Å²) in [5.41, 5.74) is 10.9. The lowest BCUT2D eigenvalue weighted by Crippen LogP contribution is -2.42. The molecule has 6 nitrogen and oxygen atoms in total. The molecule has 2 amide bonds. The maximum atomic E-state index is 12.1. The quantitative estimate of drug-likeness (QED) is 0.401. The second-order valence-corrected chi connectivity index (χ2v) is 6.06. The van der Waals surface area contributed by atoms with Crippen LogP contribution in [-0.2, 0) is 9.59 Å². The van der Waals surface area contributed by atoms with Crippen molar-refractivity contribution >= 4 is 11.8 Å². The average molecular weight is 314 g/mol. The highest BCUT2D eigenvalue weighted by Crippen LogP contribution is 2.25. The third-order valence-electron chi connectivity index (χ3n) is 4.35. The first-order valence-corrected chi connectivity index (χ1v) is 8.43. The highest BCUT2D eigenvalue weighted by molar-refractivity contribution is 5.82. The van der Waals surface area contributed by atoms with Crippen LogP contribution in [0, 0.1) is 5.41 Å². The van der Waals surface area contributed by atoms with Gasteiger partial charge in [0, 0.05) is 18.5 Å². The zero-order chi connectivity index (χ0) is 17.0. The second kappa shape index (κ2) is 11.4. The maximum absolute atomic E-state index is 12.1. The number of nitrogens with one attached hydrogen (secondary N) is 2. The van der Waals surface area contributed by atoms with E-state index in [0.717, 1.165) is 25.7 Å². The minimum Gasteiger partial charge on any atom is -0.356 e. The van der Waals surface area contributed by atoms with Crippen molar-refractivity contribution in [3.05, 3.63) is 0 Å². The molecule has 22 heavy (non-hydrogen) atoms. The average Bonchev–Trinajstić information content (AvgIpc) is 2.53. The van der Waals surface area contributed by atoms with E-state index < -0.39 is 6.04 Å². The topological polar surface area (TPSA) is 110 Å². The van der Waals surface area contributed by atoms with Crippen molar-refractivity contribution in [3.8, 4) is 0 Å². The Morgan fingerprint density at radius 3 is 2.18 bits per heavy atom. The van der Waals surface area contributed by atoms with E-state index in [1.54, 1.807) is 0 Å². The van der Waals surface area contributed by atoms with Gasteiger partial charge in [-0.25, -0.2) is 0 Å². The van der Waals surface area contributed by atoms with Gasteiger partial charge in [0.15, 0.2) is 0 Å². The number of amides is 2. The largest absolute Gasteiger partial charge is 0.356 e. The molecule has 0 aliphatic heterocycles. The zero-order valence-electron chi connectivity index (χ0n) is 14.4. The SMILES string of the molecule is CCC(C)(CC)C(=O)NCCCNC(=O)C(N)CCCCN. The molecule has 0 radical (unpaired) electrons. The third-order valence-corrected chi connectivity index (χ3v) is 4.35. The van der Waals surface area contributed by atoms with Crippen LogP contribution < -0.4 is 22.1 Å². The minimum atomic E-state index is -0.468. The molecule has 0 aromatic carbocycles. The molecular formula is C16H34N4O2. The summed E-state index contributed by atoms with van der Waals surface area (Å²) in [5, 5.41) is 5.74. The van der Waals surface area contributed by atoms with Crippen molar-refractivity contribution < 1.29 is 9.59 Å². The molecule has 0 bridgehead atoms. The van der Waals surface area contributed by atoms with Gasteiger partial charge < -0.3 is 22.1 Å². The smallest absolute Gasteiger partial charge is 0.236 e. The van der Waals surface area contributed by atoms with Gasteiger partial charge in [0.2, 0.25) is 11.8 Å². The van der Waals surface area contributed by atoms with E-state index in [9.17, 15) is 9.59 Å². The Morgan fingerprint density at radius 1 is 1.05 bits per heavy atom. The number of unbranched alkanes of at least 4 members (excludes halogenated alkanes) is 1. The van der Waals surface area contributed by atoms with Crippen LogP contribution in [0.15, 0.2) is 0 Å². The van der Waals surface area contributed by atoms with Crippen molar-refractivity contribution in [3.63, 3.8) is 0 Å². The molecule has 0 saturated carbocycles. The van der Waals surface area contributed by atoms with Gasteiger partial charge in [0.1, 0.15) is 0 Å². The Bertz CT molecular complexity index is 330. The lowest BCUT2D eigenvalue weighted by Gasteiger charge is -2.25. The molecule has 6 N–H and O–H groups in total. The molecule has 130 valence electrons. The van der Waals surface area contributed by atoms with Crippen molar-refractivity contribution in [1.29, 1.82) is 0 Å². The van der Waals surface area contributed by atoms with Gasteiger partial charge in [-0.05, 0) is 38.6 Å². The first kappa shape index (κ1) is 20.9. The Morgan fingerprint density at radius 2 is 1.64 bits per heavy atom. The summed E-state index contributed by atoms with van der Waals surface area (Å²) in [6, 6.07) is -0.468. The molecule has 0 heterocycles. The van der Waals surface area contributed by atoms with Gasteiger partial charge in [-0.2, -0.15) is 0 Å². The van der Waals surface area contributed by atoms with Crippen molar-refractivity contribution in [2.24, 2.45) is 16.9 Å². The van der Waals surface area contributed by atoms with Crippen molar-refractivity contribution in [2.75, 3.05) is 19.6 Å². The molecule has 6 heteroatoms. The second-order valence-electron chi connectivity index (χ2n) is 6.06. The van der Waals surface area contributed by atoms with Crippen LogP contribution in [0.2, 0.25) is 0 Å². The lowest BCUT2D eigenvalue weighted by molar-refractivity contribution is -0.130. The molecular weight excluding hydrogens is 280 g/mol. The summed E-state index contributed by atoms with van der Waals surface area (Å²) >= 11 is 0. The highest BCUT2D eigenvalue weighted by Gasteiger charge is 2.28. The minimum absolute atomic E-state index is 0.0855. The first-order chi connectivity index (χ1) is 10.4. The van der Waals surface area contributed by atoms with Gasteiger partial charge in [0.25, 0.3) is 0 Å². The summed E-state index contributed by atoms with van der Waals surface area (Å²) in [4.78, 5) is 23.8. The summed E-state index contributed by atoms with van der Waals surface area (Å²) < 4.78 is 0. The van der Waals surface area contributed by atoms with Gasteiger partial charge in [0.05, 0.1) is 6.04 Å². The predicted octanol–water partition coefficient (Wildman–Crippen LogP) is 0.892.